The summed E-state index contributed by atoms with van der Waals surface area (Å²) in [5.74, 6) is 0. The SMILES string of the molecule is C[Si](C)(C)c1cc[c-]cc1.C[Si](C)(C)c1cc[c-]cc1.[C-]1=CCCC=CCC1.[Pt]. The van der Waals surface area contributed by atoms with Crippen molar-refractivity contribution in [2.24, 2.45) is 0 Å². The number of hydrogen-bond donors (Lipinski definition) is 0. The topological polar surface area (TPSA) is 0 Å². The van der Waals surface area contributed by atoms with Crippen LogP contribution in [0, 0.1) is 18.2 Å². The van der Waals surface area contributed by atoms with Crippen LogP contribution in [0.2, 0.25) is 39.3 Å². The Balaban J connectivity index is 0.000000401. The average molecular weight is 601 g/mol. The molecule has 2 aromatic carbocycles. The Morgan fingerprint density at radius 3 is 1.41 bits per heavy atom. The van der Waals surface area contributed by atoms with Gasteiger partial charge in [0.15, 0.2) is 0 Å². The van der Waals surface area contributed by atoms with Crippen LogP contribution in [0.1, 0.15) is 25.7 Å². The second kappa shape index (κ2) is 14.9. The zero-order valence-electron chi connectivity index (χ0n) is 19.0. The molecule has 2 aromatic rings. The zero-order chi connectivity index (χ0) is 20.9. The van der Waals surface area contributed by atoms with Crippen molar-refractivity contribution in [3.05, 3.63) is 85.0 Å². The van der Waals surface area contributed by atoms with Crippen molar-refractivity contribution in [2.75, 3.05) is 0 Å². The maximum absolute atomic E-state index is 3.21. The predicted molar refractivity (Wildman–Crippen MR) is 132 cm³/mol. The predicted octanol–water partition coefficient (Wildman–Crippen LogP) is 6.54. The quantitative estimate of drug-likeness (QED) is 0.209. The van der Waals surface area contributed by atoms with E-state index in [1.54, 1.807) is 0 Å². The first kappa shape index (κ1) is 28.0. The van der Waals surface area contributed by atoms with Gasteiger partial charge in [0.05, 0.1) is 16.1 Å². The van der Waals surface area contributed by atoms with Gasteiger partial charge in [0.1, 0.15) is 0 Å². The molecular formula is C26H37PtSi2-3. The van der Waals surface area contributed by atoms with Crippen LogP contribution in [-0.2, 0) is 21.1 Å². The third kappa shape index (κ3) is 13.8. The van der Waals surface area contributed by atoms with Gasteiger partial charge in [-0.3, -0.25) is 6.08 Å². The Labute approximate surface area is 196 Å². The molecule has 0 N–H and O–H groups in total. The molecule has 0 spiro atoms. The molecule has 0 radical (unpaired) electrons. The molecule has 0 nitrogen and oxygen atoms in total. The maximum atomic E-state index is 3.21. The molecule has 0 aromatic heterocycles. The molecule has 1 aliphatic carbocycles. The molecule has 1 aliphatic rings. The van der Waals surface area contributed by atoms with Crippen LogP contribution < -0.4 is 10.4 Å². The molecule has 3 heteroatoms. The van der Waals surface area contributed by atoms with Crippen molar-refractivity contribution in [3.8, 4) is 0 Å². The van der Waals surface area contributed by atoms with Gasteiger partial charge in [0, 0.05) is 21.1 Å². The fourth-order valence-electron chi connectivity index (χ4n) is 2.56. The van der Waals surface area contributed by atoms with E-state index in [-0.39, 0.29) is 21.1 Å². The van der Waals surface area contributed by atoms with Crippen molar-refractivity contribution >= 4 is 26.5 Å². The van der Waals surface area contributed by atoms with Crippen molar-refractivity contribution in [1.82, 2.24) is 0 Å². The van der Waals surface area contributed by atoms with Gasteiger partial charge < -0.3 is 6.08 Å². The van der Waals surface area contributed by atoms with Crippen LogP contribution in [0.15, 0.2) is 66.8 Å². The van der Waals surface area contributed by atoms with E-state index in [0.717, 1.165) is 6.42 Å². The third-order valence-corrected chi connectivity index (χ3v) is 8.54. The van der Waals surface area contributed by atoms with Gasteiger partial charge >= 0.3 is 0 Å². The van der Waals surface area contributed by atoms with Crippen LogP contribution in [0.25, 0.3) is 0 Å². The Morgan fingerprint density at radius 1 is 0.621 bits per heavy atom. The summed E-state index contributed by atoms with van der Waals surface area (Å²) in [6.45, 7) is 14.1. The van der Waals surface area contributed by atoms with Crippen LogP contribution in [0.4, 0.5) is 0 Å². The average Bonchev–Trinajstić information content (AvgIpc) is 2.62. The van der Waals surface area contributed by atoms with Crippen molar-refractivity contribution in [1.29, 1.82) is 0 Å². The van der Waals surface area contributed by atoms with Gasteiger partial charge in [-0.05, 0) is 6.42 Å². The summed E-state index contributed by atoms with van der Waals surface area (Å²) in [5.41, 5.74) is 0. The van der Waals surface area contributed by atoms with Crippen LogP contribution in [0.5, 0.6) is 0 Å². The van der Waals surface area contributed by atoms with Gasteiger partial charge in [-0.15, -0.1) is 0 Å². The van der Waals surface area contributed by atoms with E-state index in [4.69, 9.17) is 0 Å². The first-order valence-electron chi connectivity index (χ1n) is 10.3. The zero-order valence-corrected chi connectivity index (χ0v) is 23.3. The molecule has 0 aliphatic heterocycles. The molecule has 0 heterocycles. The van der Waals surface area contributed by atoms with Gasteiger partial charge in [0.2, 0.25) is 0 Å². The van der Waals surface area contributed by atoms with E-state index < -0.39 is 16.1 Å². The number of benzene rings is 2. The van der Waals surface area contributed by atoms with E-state index in [1.807, 2.05) is 24.3 Å². The van der Waals surface area contributed by atoms with Crippen LogP contribution >= 0.6 is 0 Å². The Morgan fingerprint density at radius 2 is 1.03 bits per heavy atom. The number of allylic oxidation sites excluding steroid dienone is 4. The molecule has 0 unspecified atom stereocenters. The molecule has 0 amide bonds. The molecule has 0 bridgehead atoms. The third-order valence-electron chi connectivity index (χ3n) is 4.41. The maximum Gasteiger partial charge on any atom is 0.0514 e. The second-order valence-corrected chi connectivity index (χ2v) is 19.2. The molecular weight excluding hydrogens is 564 g/mol. The van der Waals surface area contributed by atoms with Crippen LogP contribution in [-0.4, -0.2) is 16.1 Å². The second-order valence-electron chi connectivity index (χ2n) is 9.07. The Kier molecular flexibility index (Phi) is 14.4. The smallest absolute Gasteiger partial charge is 0.0514 e. The van der Waals surface area contributed by atoms with Gasteiger partial charge in [-0.25, -0.2) is 0 Å². The van der Waals surface area contributed by atoms with E-state index in [1.165, 1.54) is 29.6 Å². The summed E-state index contributed by atoms with van der Waals surface area (Å²) < 4.78 is 0. The van der Waals surface area contributed by atoms with Gasteiger partial charge in [0.25, 0.3) is 0 Å². The Hall–Kier alpha value is -0.958. The summed E-state index contributed by atoms with van der Waals surface area (Å²) in [6, 6.07) is 22.7. The van der Waals surface area contributed by atoms with Gasteiger partial charge in [-0.2, -0.15) is 77.5 Å². The van der Waals surface area contributed by atoms with Crippen molar-refractivity contribution in [2.45, 2.75) is 65.0 Å². The molecule has 162 valence electrons. The minimum atomic E-state index is -1.05. The normalized spacial score (nSPS) is 13.4. The van der Waals surface area contributed by atoms with E-state index in [0.29, 0.717) is 0 Å². The van der Waals surface area contributed by atoms with Crippen LogP contribution in [0.3, 0.4) is 0 Å². The minimum Gasteiger partial charge on any atom is -0.500 e. The van der Waals surface area contributed by atoms with E-state index in [9.17, 15) is 0 Å². The summed E-state index contributed by atoms with van der Waals surface area (Å²) in [6.07, 6.45) is 14.5. The van der Waals surface area contributed by atoms with E-state index >= 15 is 0 Å². The molecule has 0 saturated heterocycles. The van der Waals surface area contributed by atoms with Crippen molar-refractivity contribution in [3.63, 3.8) is 0 Å². The number of hydrogen-bond acceptors (Lipinski definition) is 0. The fraction of sp³-hybridized carbons (Fsp3) is 0.385. The van der Waals surface area contributed by atoms with Crippen molar-refractivity contribution < 1.29 is 21.1 Å². The largest absolute Gasteiger partial charge is 0.500 e. The molecule has 29 heavy (non-hydrogen) atoms. The molecule has 0 atom stereocenters. The molecule has 0 fully saturated rings. The fourth-order valence-corrected chi connectivity index (χ4v) is 4.89. The summed E-state index contributed by atoms with van der Waals surface area (Å²) in [5, 5.41) is 3.01. The first-order chi connectivity index (χ1) is 13.2. The Bertz CT molecular complexity index is 617. The number of rotatable bonds is 2. The standard InChI is InChI=1S/2C9H13Si.C8H11.Pt/c2*1-10(2,3)9-7-5-4-6-8-9;1-2-4-6-8-7-5-3-1;/h2*5-8H,1-3H3;1-2,7H,3-6H2;/q3*-1;. The molecule has 0 saturated carbocycles. The molecule has 3 rings (SSSR count). The summed E-state index contributed by atoms with van der Waals surface area (Å²) >= 11 is 0. The first-order valence-corrected chi connectivity index (χ1v) is 17.3. The monoisotopic (exact) mass is 600 g/mol. The summed E-state index contributed by atoms with van der Waals surface area (Å²) in [7, 11) is -2.11. The van der Waals surface area contributed by atoms with Gasteiger partial charge in [-0.1, -0.05) is 64.3 Å². The minimum absolute atomic E-state index is 0. The van der Waals surface area contributed by atoms with E-state index in [2.05, 4.69) is 100.0 Å². The summed E-state index contributed by atoms with van der Waals surface area (Å²) in [4.78, 5) is 0.